The Bertz CT molecular complexity index is 1040. The number of nitrogens with zero attached hydrogens (tertiary/aromatic N) is 1. The Labute approximate surface area is 183 Å². The third-order valence-electron chi connectivity index (χ3n) is 4.59. The summed E-state index contributed by atoms with van der Waals surface area (Å²) in [5, 5.41) is 5.34. The number of amides is 2. The number of ether oxygens (including phenoxy) is 4. The number of anilines is 1. The van der Waals surface area contributed by atoms with Crippen LogP contribution < -0.4 is 29.6 Å². The lowest BCUT2D eigenvalue weighted by atomic mass is 10.2. The van der Waals surface area contributed by atoms with Gasteiger partial charge in [-0.2, -0.15) is 0 Å². The lowest BCUT2D eigenvalue weighted by molar-refractivity contribution is -0.122. The van der Waals surface area contributed by atoms with Gasteiger partial charge in [-0.1, -0.05) is 11.8 Å². The van der Waals surface area contributed by atoms with Gasteiger partial charge in [0, 0.05) is 18.6 Å². The van der Waals surface area contributed by atoms with Crippen molar-refractivity contribution in [2.45, 2.75) is 11.7 Å². The number of benzene rings is 2. The zero-order valence-electron chi connectivity index (χ0n) is 17.0. The average Bonchev–Trinajstić information content (AvgIpc) is 3.12. The molecule has 1 atom stereocenters. The number of thioether (sulfide) groups is 1. The molecule has 0 aromatic heterocycles. The fraction of sp³-hybridized carbons (Fsp3) is 0.286. The highest BCUT2D eigenvalue weighted by Gasteiger charge is 2.32. The fourth-order valence-electron chi connectivity index (χ4n) is 3.08. The van der Waals surface area contributed by atoms with Gasteiger partial charge in [0.25, 0.3) is 0 Å². The number of aliphatic imine (C=N–C) groups is 1. The average molecular weight is 443 g/mol. The number of fused-ring (bicyclic) bond motifs is 1. The maximum absolute atomic E-state index is 12.5. The normalized spacial score (nSPS) is 18.5. The highest BCUT2D eigenvalue weighted by Crippen LogP contribution is 2.35. The summed E-state index contributed by atoms with van der Waals surface area (Å²) in [7, 11) is 3.05. The van der Waals surface area contributed by atoms with E-state index < -0.39 is 5.25 Å². The molecule has 1 unspecified atom stereocenters. The summed E-state index contributed by atoms with van der Waals surface area (Å²) in [5.41, 5.74) is 1.13. The molecule has 0 spiro atoms. The number of methoxy groups -OCH3 is 2. The summed E-state index contributed by atoms with van der Waals surface area (Å²) < 4.78 is 21.5. The molecule has 162 valence electrons. The van der Waals surface area contributed by atoms with Crippen LogP contribution in [0.15, 0.2) is 41.4 Å². The quantitative estimate of drug-likeness (QED) is 0.707. The van der Waals surface area contributed by atoms with E-state index in [0.717, 1.165) is 0 Å². The Balaban J connectivity index is 1.39. The number of hydrogen-bond acceptors (Lipinski definition) is 8. The Morgan fingerprint density at radius 1 is 1.16 bits per heavy atom. The minimum absolute atomic E-state index is 0.00809. The minimum atomic E-state index is -0.583. The molecule has 2 aromatic rings. The molecule has 10 heteroatoms. The van der Waals surface area contributed by atoms with Crippen LogP contribution in [0.25, 0.3) is 0 Å². The van der Waals surface area contributed by atoms with Crippen molar-refractivity contribution in [1.29, 1.82) is 0 Å². The summed E-state index contributed by atoms with van der Waals surface area (Å²) in [5.74, 6) is 1.79. The van der Waals surface area contributed by atoms with E-state index in [9.17, 15) is 9.59 Å². The van der Waals surface area contributed by atoms with Gasteiger partial charge in [0.1, 0.15) is 30.0 Å². The molecule has 0 saturated carbocycles. The van der Waals surface area contributed by atoms with Gasteiger partial charge in [-0.3, -0.25) is 9.59 Å². The first kappa shape index (κ1) is 20.9. The molecule has 4 rings (SSSR count). The van der Waals surface area contributed by atoms with Crippen molar-refractivity contribution in [3.05, 3.63) is 36.4 Å². The molecule has 0 radical (unpaired) electrons. The summed E-state index contributed by atoms with van der Waals surface area (Å²) in [6.07, 6.45) is -0.00809. The summed E-state index contributed by atoms with van der Waals surface area (Å²) in [6.45, 7) is 0.994. The maximum atomic E-state index is 12.5. The van der Waals surface area contributed by atoms with E-state index in [4.69, 9.17) is 18.9 Å². The highest BCUT2D eigenvalue weighted by molar-refractivity contribution is 8.15. The van der Waals surface area contributed by atoms with Crippen molar-refractivity contribution in [3.63, 3.8) is 0 Å². The van der Waals surface area contributed by atoms with Crippen LogP contribution in [0.4, 0.5) is 11.4 Å². The molecular weight excluding hydrogens is 422 g/mol. The molecule has 0 bridgehead atoms. The van der Waals surface area contributed by atoms with Crippen molar-refractivity contribution >= 4 is 40.1 Å². The molecule has 0 aliphatic carbocycles. The first-order valence-corrected chi connectivity index (χ1v) is 10.4. The van der Waals surface area contributed by atoms with Crippen LogP contribution in [0.1, 0.15) is 6.42 Å². The Kier molecular flexibility index (Phi) is 6.17. The van der Waals surface area contributed by atoms with Crippen LogP contribution in [-0.4, -0.2) is 49.7 Å². The molecule has 2 N–H and O–H groups in total. The number of hydrogen-bond donors (Lipinski definition) is 2. The van der Waals surface area contributed by atoms with Gasteiger partial charge < -0.3 is 29.6 Å². The molecule has 1 saturated heterocycles. The van der Waals surface area contributed by atoms with Crippen LogP contribution in [-0.2, 0) is 9.59 Å². The van der Waals surface area contributed by atoms with Gasteiger partial charge >= 0.3 is 0 Å². The second kappa shape index (κ2) is 9.17. The van der Waals surface area contributed by atoms with Gasteiger partial charge in [-0.25, -0.2) is 4.99 Å². The topological polar surface area (TPSA) is 107 Å². The van der Waals surface area contributed by atoms with E-state index in [1.54, 1.807) is 43.5 Å². The first-order valence-electron chi connectivity index (χ1n) is 9.53. The Morgan fingerprint density at radius 3 is 2.74 bits per heavy atom. The van der Waals surface area contributed by atoms with Gasteiger partial charge in [0.2, 0.25) is 11.8 Å². The van der Waals surface area contributed by atoms with Crippen molar-refractivity contribution in [1.82, 2.24) is 5.32 Å². The smallest absolute Gasteiger partial charge is 0.240 e. The van der Waals surface area contributed by atoms with Crippen molar-refractivity contribution in [2.75, 3.05) is 32.8 Å². The SMILES string of the molecule is COc1ccc(NC(=O)CC2SC(=Nc3ccc4c(c3)OCCO4)NC2=O)c(OC)c1. The van der Waals surface area contributed by atoms with E-state index >= 15 is 0 Å². The number of carbonyl (C=O) groups is 2. The molecule has 2 aliphatic heterocycles. The first-order chi connectivity index (χ1) is 15.1. The standard InChI is InChI=1S/C21H21N3O6S/c1-27-13-4-5-14(16(10-13)28-2)23-19(25)11-18-20(26)24-21(31-18)22-12-3-6-15-17(9-12)30-8-7-29-15/h3-6,9-10,18H,7-8,11H2,1-2H3,(H,23,25)(H,22,24,26). The second-order valence-corrected chi connectivity index (χ2v) is 7.85. The Hall–Kier alpha value is -3.40. The number of rotatable bonds is 6. The number of amidine groups is 1. The van der Waals surface area contributed by atoms with Crippen molar-refractivity contribution < 1.29 is 28.5 Å². The van der Waals surface area contributed by atoms with Crippen LogP contribution in [0.2, 0.25) is 0 Å². The molecular formula is C21H21N3O6S. The predicted octanol–water partition coefficient (Wildman–Crippen LogP) is 2.72. The fourth-order valence-corrected chi connectivity index (χ4v) is 4.07. The zero-order chi connectivity index (χ0) is 21.8. The lowest BCUT2D eigenvalue weighted by Gasteiger charge is -2.18. The summed E-state index contributed by atoms with van der Waals surface area (Å²) >= 11 is 1.21. The van der Waals surface area contributed by atoms with Gasteiger partial charge in [-0.05, 0) is 24.3 Å². The Morgan fingerprint density at radius 2 is 1.97 bits per heavy atom. The second-order valence-electron chi connectivity index (χ2n) is 6.66. The molecule has 2 aromatic carbocycles. The maximum Gasteiger partial charge on any atom is 0.240 e. The van der Waals surface area contributed by atoms with Crippen LogP contribution in [0.3, 0.4) is 0 Å². The van der Waals surface area contributed by atoms with Crippen molar-refractivity contribution in [2.24, 2.45) is 4.99 Å². The molecule has 2 heterocycles. The largest absolute Gasteiger partial charge is 0.497 e. The third-order valence-corrected chi connectivity index (χ3v) is 5.67. The summed E-state index contributed by atoms with van der Waals surface area (Å²) in [4.78, 5) is 29.3. The molecule has 2 aliphatic rings. The van der Waals surface area contributed by atoms with Crippen molar-refractivity contribution in [3.8, 4) is 23.0 Å². The predicted molar refractivity (Wildman–Crippen MR) is 117 cm³/mol. The monoisotopic (exact) mass is 443 g/mol. The van der Waals surface area contributed by atoms with Gasteiger partial charge in [0.05, 0.1) is 25.6 Å². The van der Waals surface area contributed by atoms with Crippen LogP contribution in [0.5, 0.6) is 23.0 Å². The van der Waals surface area contributed by atoms with E-state index in [-0.39, 0.29) is 18.2 Å². The van der Waals surface area contributed by atoms with E-state index in [1.165, 1.54) is 18.9 Å². The molecule has 9 nitrogen and oxygen atoms in total. The van der Waals surface area contributed by atoms with E-state index in [0.29, 0.717) is 52.8 Å². The molecule has 2 amide bonds. The van der Waals surface area contributed by atoms with Gasteiger partial charge in [-0.15, -0.1) is 0 Å². The minimum Gasteiger partial charge on any atom is -0.497 e. The van der Waals surface area contributed by atoms with E-state index in [2.05, 4.69) is 15.6 Å². The molecule has 31 heavy (non-hydrogen) atoms. The molecule has 1 fully saturated rings. The van der Waals surface area contributed by atoms with Crippen LogP contribution in [0, 0.1) is 0 Å². The highest BCUT2D eigenvalue weighted by atomic mass is 32.2. The zero-order valence-corrected chi connectivity index (χ0v) is 17.8. The number of nitrogens with one attached hydrogen (secondary N) is 2. The lowest BCUT2D eigenvalue weighted by Crippen LogP contribution is -2.28. The van der Waals surface area contributed by atoms with Gasteiger partial charge in [0.15, 0.2) is 16.7 Å². The van der Waals surface area contributed by atoms with E-state index in [1.807, 2.05) is 0 Å². The summed E-state index contributed by atoms with van der Waals surface area (Å²) in [6, 6.07) is 10.4. The number of carbonyl (C=O) groups excluding carboxylic acids is 2. The third kappa shape index (κ3) is 4.85. The van der Waals surface area contributed by atoms with Crippen LogP contribution >= 0.6 is 11.8 Å².